The molecule has 2 amide bonds. The lowest BCUT2D eigenvalue weighted by Crippen LogP contribution is -2.52. The number of nitrogens with two attached hydrogens (primary N) is 1. The van der Waals surface area contributed by atoms with Crippen molar-refractivity contribution in [3.05, 3.63) is 0 Å². The number of likely N-dealkylation sites (N-methyl/N-ethyl adjacent to an activating group) is 10. The molecule has 26 heteroatoms. The van der Waals surface area contributed by atoms with E-state index in [1.165, 1.54) is 57.8 Å². The number of carboxylic acid groups (broad SMARTS) is 3. The zero-order valence-corrected chi connectivity index (χ0v) is 60.8. The molecule has 0 bridgehead atoms. The molecule has 14 atom stereocenters. The van der Waals surface area contributed by atoms with Crippen molar-refractivity contribution in [2.45, 2.75) is 248 Å². The molecule has 8 fully saturated rings. The number of hydrogen-bond donors (Lipinski definition) is 11. The molecular formula is C68H130N14O12. The molecule has 12 N–H and O–H groups in total. The lowest BCUT2D eigenvalue weighted by Gasteiger charge is -2.33. The minimum Gasteiger partial charge on any atom is -0.480 e. The summed E-state index contributed by atoms with van der Waals surface area (Å²) in [6.07, 6.45) is 21.5. The smallest absolute Gasteiger partial charge is 0.321 e. The fourth-order valence-corrected chi connectivity index (χ4v) is 14.4. The molecule has 0 aromatic carbocycles. The van der Waals surface area contributed by atoms with Gasteiger partial charge in [0.25, 0.3) is 0 Å². The van der Waals surface area contributed by atoms with E-state index in [1.807, 2.05) is 80.3 Å². The molecule has 5 heterocycles. The van der Waals surface area contributed by atoms with Crippen molar-refractivity contribution in [2.75, 3.05) is 117 Å². The van der Waals surface area contributed by atoms with Crippen molar-refractivity contribution in [3.8, 4) is 0 Å². The van der Waals surface area contributed by atoms with Crippen LogP contribution in [0.25, 0.3) is 0 Å². The van der Waals surface area contributed by atoms with Gasteiger partial charge < -0.3 is 68.1 Å². The molecule has 544 valence electrons. The lowest BCUT2D eigenvalue weighted by molar-refractivity contribution is -0.145. The minimum atomic E-state index is -0.782. The Kier molecular flexibility index (Phi) is 40.5. The fraction of sp³-hybridized carbons (Fsp3) is 0.868. The van der Waals surface area contributed by atoms with Crippen molar-refractivity contribution in [3.63, 3.8) is 0 Å². The van der Waals surface area contributed by atoms with E-state index in [0.29, 0.717) is 55.9 Å². The molecule has 8 aliphatic rings. The van der Waals surface area contributed by atoms with Crippen LogP contribution >= 0.6 is 0 Å². The summed E-state index contributed by atoms with van der Waals surface area (Å²) in [6.45, 7) is 12.1. The van der Waals surface area contributed by atoms with Crippen molar-refractivity contribution in [2.24, 2.45) is 23.5 Å². The molecule has 0 aromatic heterocycles. The van der Waals surface area contributed by atoms with Crippen molar-refractivity contribution in [1.29, 1.82) is 0 Å². The molecule has 8 rings (SSSR count). The number of nitrogens with one attached hydrogen (secondary N) is 7. The van der Waals surface area contributed by atoms with Gasteiger partial charge in [-0.05, 0) is 208 Å². The first-order chi connectivity index (χ1) is 44.3. The van der Waals surface area contributed by atoms with Gasteiger partial charge in [0.1, 0.15) is 29.7 Å². The van der Waals surface area contributed by atoms with E-state index in [2.05, 4.69) is 42.1 Å². The largest absolute Gasteiger partial charge is 0.480 e. The summed E-state index contributed by atoms with van der Waals surface area (Å²) in [4.78, 5) is 114. The Balaban J connectivity index is 0.000000384. The van der Waals surface area contributed by atoms with Crippen LogP contribution in [0.5, 0.6) is 0 Å². The minimum absolute atomic E-state index is 0.0325. The van der Waals surface area contributed by atoms with Gasteiger partial charge in [-0.1, -0.05) is 57.8 Å². The molecule has 3 saturated carbocycles. The molecule has 0 aromatic rings. The molecule has 5 saturated heterocycles. The number of carboxylic acids is 3. The number of likely N-dealkylation sites (tertiary alicyclic amines) is 4. The predicted molar refractivity (Wildman–Crippen MR) is 370 cm³/mol. The van der Waals surface area contributed by atoms with Crippen LogP contribution in [0.15, 0.2) is 0 Å². The first-order valence-electron chi connectivity index (χ1n) is 34.9. The summed E-state index contributed by atoms with van der Waals surface area (Å²) < 4.78 is 0. The van der Waals surface area contributed by atoms with E-state index in [9.17, 15) is 43.2 Å². The number of Topliss-reactive ketones (excluding diaryl/α,β-unsaturated/α-hetero) is 4. The van der Waals surface area contributed by atoms with E-state index in [0.717, 1.165) is 77.4 Å². The average molecular weight is 1340 g/mol. The number of carbonyl (C=O) groups excluding carboxylic acids is 6. The number of amides is 2. The number of hydrogen-bond acceptors (Lipinski definition) is 21. The zero-order chi connectivity index (χ0) is 71.1. The molecule has 0 radical (unpaired) electrons. The maximum atomic E-state index is 12.9. The van der Waals surface area contributed by atoms with Gasteiger partial charge in [0.15, 0.2) is 11.6 Å². The Hall–Kier alpha value is -4.45. The summed E-state index contributed by atoms with van der Waals surface area (Å²) in [5.41, 5.74) is 6.20. The third-order valence-corrected chi connectivity index (χ3v) is 20.8. The van der Waals surface area contributed by atoms with Crippen LogP contribution in [0.2, 0.25) is 0 Å². The van der Waals surface area contributed by atoms with Gasteiger partial charge >= 0.3 is 17.9 Å². The molecule has 26 nitrogen and oxygen atoms in total. The van der Waals surface area contributed by atoms with Crippen LogP contribution in [-0.4, -0.2) is 299 Å². The highest BCUT2D eigenvalue weighted by molar-refractivity contribution is 5.91. The number of ketones is 4. The van der Waals surface area contributed by atoms with Gasteiger partial charge in [0.05, 0.1) is 36.3 Å². The van der Waals surface area contributed by atoms with Gasteiger partial charge in [0, 0.05) is 62.9 Å². The summed E-state index contributed by atoms with van der Waals surface area (Å²) in [5.74, 6) is -0.333. The van der Waals surface area contributed by atoms with E-state index < -0.39 is 23.9 Å². The Labute approximate surface area is 564 Å². The number of carbonyl (C=O) groups is 9. The van der Waals surface area contributed by atoms with Crippen LogP contribution in [0, 0.1) is 17.8 Å². The normalized spacial score (nSPS) is 28.0. The summed E-state index contributed by atoms with van der Waals surface area (Å²) in [6, 6.07) is -0.103. The Morgan fingerprint density at radius 3 is 1.12 bits per heavy atom. The first kappa shape index (κ1) is 85.6. The van der Waals surface area contributed by atoms with Crippen LogP contribution in [0.1, 0.15) is 163 Å². The highest BCUT2D eigenvalue weighted by atomic mass is 16.4. The predicted octanol–water partition coefficient (Wildman–Crippen LogP) is 1.96. The Bertz CT molecular complexity index is 2270. The summed E-state index contributed by atoms with van der Waals surface area (Å²) in [7, 11) is 22.4. The van der Waals surface area contributed by atoms with E-state index in [-0.39, 0.29) is 101 Å². The van der Waals surface area contributed by atoms with Gasteiger partial charge in [-0.15, -0.1) is 0 Å². The highest BCUT2D eigenvalue weighted by Gasteiger charge is 2.43. The topological polar surface area (TPSA) is 344 Å². The quantitative estimate of drug-likeness (QED) is 0.0830. The molecular weight excluding hydrogens is 1200 g/mol. The summed E-state index contributed by atoms with van der Waals surface area (Å²) in [5, 5.41) is 48.2. The highest BCUT2D eigenvalue weighted by Crippen LogP contribution is 2.32. The number of nitrogens with zero attached hydrogens (tertiary/aromatic N) is 6. The average Bonchev–Trinajstić information content (AvgIpc) is 1.64. The van der Waals surface area contributed by atoms with Crippen molar-refractivity contribution in [1.82, 2.24) is 66.6 Å². The Morgan fingerprint density at radius 2 is 0.830 bits per heavy atom. The van der Waals surface area contributed by atoms with Crippen molar-refractivity contribution < 1.29 is 58.5 Å². The first-order valence-corrected chi connectivity index (χ1v) is 34.9. The second-order valence-corrected chi connectivity index (χ2v) is 28.0. The second-order valence-electron chi connectivity index (χ2n) is 28.0. The van der Waals surface area contributed by atoms with E-state index in [4.69, 9.17) is 21.1 Å². The SMILES string of the molecule is CC(C(=O)O)N(C)C.CN(C)C(C(=O)O)C1CCCCC1.CNC1CC(C(=O)O)N(C)C1.CNC1CC(C(C)=O)N(C(=O)C(N)C2CCCCC2)C1.CNC1CC(C(C)=O)N(C(=O)C(NC)C2CCCCC2)C1.CNC1CC(C(C)=O)N(C)C1.CNC1CNC(C(C)=O)C1. The maximum absolute atomic E-state index is 12.9. The standard InChI is InChI=1S/C16H29N3O2.C15H27N3O2.C10H19NO2.C8H16N2O.C7H14N2O2.C7H14N2O.C5H11NO2/c1-11(20)14-9-13(17-2)10-19(14)16(21)15(18-3)12-7-5-4-6-8-12;1-10(19)13-8-12(17-2)9-18(13)15(20)14(16)11-6-4-3-5-7-11;1-11(2)9(10(12)13)8-6-4-3-5-7-8;1-6(11)8-4-7(9-2)5-10(8)3;1-8-5-3-6(7(10)11)9(2)4-5;1-5(10)7-3-6(8-2)4-9-7;1-4(5(7)8)6(2)3/h12-15,17-18H,4-10H2,1-3H3;11-14,17H,3-9,16H2,1-2H3;8-9H,3-7H2,1-2H3,(H,12,13);7-9H,4-5H2,1-3H3;5-6,8H,3-4H2,1-2H3,(H,10,11);6-9H,3-4H2,1-2H3;4H,1-3H3,(H,7,8). The van der Waals surface area contributed by atoms with Crippen LogP contribution in [-0.2, 0) is 43.2 Å². The van der Waals surface area contributed by atoms with Gasteiger partial charge in [0.2, 0.25) is 11.8 Å². The monoisotopic (exact) mass is 1330 g/mol. The molecule has 14 unspecified atom stereocenters. The van der Waals surface area contributed by atoms with Crippen LogP contribution in [0.3, 0.4) is 0 Å². The molecule has 0 spiro atoms. The maximum Gasteiger partial charge on any atom is 0.321 e. The van der Waals surface area contributed by atoms with E-state index >= 15 is 0 Å². The van der Waals surface area contributed by atoms with Gasteiger partial charge in [-0.3, -0.25) is 62.8 Å². The number of aliphatic carboxylic acids is 3. The van der Waals surface area contributed by atoms with E-state index in [1.54, 1.807) is 63.4 Å². The lowest BCUT2D eigenvalue weighted by atomic mass is 9.83. The fourth-order valence-electron chi connectivity index (χ4n) is 14.4. The van der Waals surface area contributed by atoms with Crippen molar-refractivity contribution >= 4 is 52.9 Å². The van der Waals surface area contributed by atoms with Gasteiger partial charge in [-0.2, -0.15) is 0 Å². The van der Waals surface area contributed by atoms with Crippen LogP contribution in [0.4, 0.5) is 0 Å². The third kappa shape index (κ3) is 28.2. The number of rotatable bonds is 20. The van der Waals surface area contributed by atoms with Crippen LogP contribution < -0.4 is 43.0 Å². The second kappa shape index (κ2) is 44.5. The zero-order valence-electron chi connectivity index (χ0n) is 60.8. The molecule has 3 aliphatic carbocycles. The van der Waals surface area contributed by atoms with Gasteiger partial charge in [-0.25, -0.2) is 0 Å². The molecule has 94 heavy (non-hydrogen) atoms. The summed E-state index contributed by atoms with van der Waals surface area (Å²) >= 11 is 0. The molecule has 5 aliphatic heterocycles. The Morgan fingerprint density at radius 1 is 0.457 bits per heavy atom. The third-order valence-electron chi connectivity index (χ3n) is 20.8.